The SMILES string of the molecule is C=Cn1c(Cc2ccccc2)[n+](Cc2ccccc2)c2ccccc21.[Cl-]. The molecule has 0 amide bonds. The standard InChI is InChI=1S/C23H21N2.ClH/c1-2-24-21-15-9-10-16-22(21)25(18-20-13-7-4-8-14-20)23(24)17-19-11-5-3-6-12-19;/h2-16H,1,17-18H2;1H/q+1;/p-1. The number of hydrogen-bond donors (Lipinski definition) is 0. The minimum absolute atomic E-state index is 0. The summed E-state index contributed by atoms with van der Waals surface area (Å²) in [6, 6.07) is 29.8. The van der Waals surface area contributed by atoms with Crippen LogP contribution in [0.15, 0.2) is 91.5 Å². The molecule has 0 unspecified atom stereocenters. The Morgan fingerprint density at radius 2 is 1.35 bits per heavy atom. The van der Waals surface area contributed by atoms with E-state index in [0.717, 1.165) is 13.0 Å². The summed E-state index contributed by atoms with van der Waals surface area (Å²) in [5.74, 6) is 1.24. The molecule has 3 heteroatoms. The van der Waals surface area contributed by atoms with Crippen LogP contribution in [0.1, 0.15) is 17.0 Å². The van der Waals surface area contributed by atoms with Gasteiger partial charge in [0.15, 0.2) is 11.0 Å². The predicted octanol–water partition coefficient (Wildman–Crippen LogP) is 1.67. The third kappa shape index (κ3) is 3.42. The van der Waals surface area contributed by atoms with E-state index in [2.05, 4.69) is 101 Å². The Kier molecular flexibility index (Phi) is 5.55. The van der Waals surface area contributed by atoms with Gasteiger partial charge in [0.2, 0.25) is 0 Å². The number of imidazole rings is 1. The summed E-state index contributed by atoms with van der Waals surface area (Å²) in [5, 5.41) is 0. The Hall–Kier alpha value is -2.84. The molecule has 0 spiro atoms. The zero-order valence-electron chi connectivity index (χ0n) is 14.6. The molecular weight excluding hydrogens is 340 g/mol. The van der Waals surface area contributed by atoms with Crippen molar-refractivity contribution in [2.75, 3.05) is 0 Å². The maximum atomic E-state index is 4.05. The van der Waals surface area contributed by atoms with E-state index in [1.165, 1.54) is 28.0 Å². The fourth-order valence-electron chi connectivity index (χ4n) is 3.41. The predicted molar refractivity (Wildman–Crippen MR) is 103 cm³/mol. The van der Waals surface area contributed by atoms with Gasteiger partial charge in [0.1, 0.15) is 6.54 Å². The zero-order valence-corrected chi connectivity index (χ0v) is 15.3. The molecule has 0 aliphatic heterocycles. The Bertz CT molecular complexity index is 1000. The highest BCUT2D eigenvalue weighted by Crippen LogP contribution is 2.18. The Morgan fingerprint density at radius 3 is 2.00 bits per heavy atom. The number of hydrogen-bond acceptors (Lipinski definition) is 0. The summed E-state index contributed by atoms with van der Waals surface area (Å²) in [7, 11) is 0. The molecule has 0 aliphatic rings. The Morgan fingerprint density at radius 1 is 0.769 bits per heavy atom. The van der Waals surface area contributed by atoms with Crippen molar-refractivity contribution in [2.45, 2.75) is 13.0 Å². The smallest absolute Gasteiger partial charge is 0.266 e. The Labute approximate surface area is 160 Å². The quantitative estimate of drug-likeness (QED) is 0.479. The van der Waals surface area contributed by atoms with Crippen LogP contribution in [-0.4, -0.2) is 4.57 Å². The minimum Gasteiger partial charge on any atom is -1.00 e. The van der Waals surface area contributed by atoms with Crippen molar-refractivity contribution < 1.29 is 17.0 Å². The second-order valence-electron chi connectivity index (χ2n) is 6.19. The lowest BCUT2D eigenvalue weighted by atomic mass is 10.1. The van der Waals surface area contributed by atoms with Crippen LogP contribution in [0, 0.1) is 0 Å². The number of halogens is 1. The third-order valence-corrected chi connectivity index (χ3v) is 4.59. The van der Waals surface area contributed by atoms with Gasteiger partial charge < -0.3 is 12.4 Å². The largest absolute Gasteiger partial charge is 1.00 e. The summed E-state index contributed by atoms with van der Waals surface area (Å²) < 4.78 is 4.62. The van der Waals surface area contributed by atoms with Crippen LogP contribution in [0.3, 0.4) is 0 Å². The van der Waals surface area contributed by atoms with E-state index < -0.39 is 0 Å². The van der Waals surface area contributed by atoms with Gasteiger partial charge in [0.05, 0.1) is 12.6 Å². The first-order valence-corrected chi connectivity index (χ1v) is 8.59. The van der Waals surface area contributed by atoms with Gasteiger partial charge in [-0.15, -0.1) is 0 Å². The van der Waals surface area contributed by atoms with Crippen LogP contribution >= 0.6 is 0 Å². The van der Waals surface area contributed by atoms with Gasteiger partial charge in [-0.3, -0.25) is 0 Å². The van der Waals surface area contributed by atoms with Crippen molar-refractivity contribution in [3.63, 3.8) is 0 Å². The molecule has 0 fully saturated rings. The molecule has 130 valence electrons. The third-order valence-electron chi connectivity index (χ3n) is 4.59. The monoisotopic (exact) mass is 360 g/mol. The highest BCUT2D eigenvalue weighted by molar-refractivity contribution is 5.74. The molecule has 2 nitrogen and oxygen atoms in total. The van der Waals surface area contributed by atoms with Gasteiger partial charge in [0, 0.05) is 0 Å². The summed E-state index contributed by atoms with van der Waals surface area (Å²) >= 11 is 0. The van der Waals surface area contributed by atoms with E-state index >= 15 is 0 Å². The molecule has 4 rings (SSSR count). The summed E-state index contributed by atoms with van der Waals surface area (Å²) in [4.78, 5) is 0. The lowest BCUT2D eigenvalue weighted by Gasteiger charge is -2.04. The van der Waals surface area contributed by atoms with Crippen LogP contribution in [0.4, 0.5) is 0 Å². The fourth-order valence-corrected chi connectivity index (χ4v) is 3.41. The normalized spacial score (nSPS) is 10.5. The first-order chi connectivity index (χ1) is 12.4. The molecule has 0 saturated heterocycles. The van der Waals surface area contributed by atoms with Gasteiger partial charge in [-0.2, -0.15) is 4.57 Å². The van der Waals surface area contributed by atoms with Crippen LogP contribution in [-0.2, 0) is 13.0 Å². The van der Waals surface area contributed by atoms with Crippen LogP contribution in [0.2, 0.25) is 0 Å². The molecular formula is C23H21ClN2. The number of aromatic nitrogens is 2. The highest BCUT2D eigenvalue weighted by atomic mass is 35.5. The van der Waals surface area contributed by atoms with Crippen LogP contribution < -0.4 is 17.0 Å². The molecule has 0 N–H and O–H groups in total. The summed E-state index contributed by atoms with van der Waals surface area (Å²) in [6.07, 6.45) is 2.79. The molecule has 0 atom stereocenters. The molecule has 3 aromatic carbocycles. The van der Waals surface area contributed by atoms with E-state index in [1.54, 1.807) is 0 Å². The second kappa shape index (κ2) is 8.03. The number of para-hydroxylation sites is 2. The molecule has 1 heterocycles. The molecule has 4 aromatic rings. The average Bonchev–Trinajstić information content (AvgIpc) is 2.96. The number of nitrogens with zero attached hydrogens (tertiary/aromatic N) is 2. The van der Waals surface area contributed by atoms with Crippen molar-refractivity contribution >= 4 is 17.2 Å². The summed E-state index contributed by atoms with van der Waals surface area (Å²) in [5.41, 5.74) is 5.03. The molecule has 0 radical (unpaired) electrons. The minimum atomic E-state index is 0. The van der Waals surface area contributed by atoms with E-state index in [0.29, 0.717) is 0 Å². The topological polar surface area (TPSA) is 8.81 Å². The lowest BCUT2D eigenvalue weighted by Crippen LogP contribution is -3.00. The van der Waals surface area contributed by atoms with Gasteiger partial charge in [-0.1, -0.05) is 79.4 Å². The lowest BCUT2D eigenvalue weighted by molar-refractivity contribution is -0.670. The van der Waals surface area contributed by atoms with Crippen molar-refractivity contribution in [2.24, 2.45) is 0 Å². The Balaban J connectivity index is 0.00000196. The maximum absolute atomic E-state index is 4.05. The average molecular weight is 361 g/mol. The van der Waals surface area contributed by atoms with E-state index in [-0.39, 0.29) is 12.4 Å². The van der Waals surface area contributed by atoms with Crippen molar-refractivity contribution in [3.05, 3.63) is 108 Å². The number of rotatable bonds is 5. The van der Waals surface area contributed by atoms with Gasteiger partial charge in [-0.25, -0.2) is 4.57 Å². The first kappa shape index (κ1) is 18.0. The zero-order chi connectivity index (χ0) is 17.1. The number of benzene rings is 3. The van der Waals surface area contributed by atoms with Crippen LogP contribution in [0.5, 0.6) is 0 Å². The van der Waals surface area contributed by atoms with E-state index in [1.807, 2.05) is 6.20 Å². The van der Waals surface area contributed by atoms with E-state index in [4.69, 9.17) is 0 Å². The number of fused-ring (bicyclic) bond motifs is 1. The molecule has 0 saturated carbocycles. The van der Waals surface area contributed by atoms with Gasteiger partial charge >= 0.3 is 0 Å². The van der Waals surface area contributed by atoms with Gasteiger partial charge in [0.25, 0.3) is 5.82 Å². The van der Waals surface area contributed by atoms with E-state index in [9.17, 15) is 0 Å². The summed E-state index contributed by atoms with van der Waals surface area (Å²) in [6.45, 7) is 4.90. The van der Waals surface area contributed by atoms with Crippen LogP contribution in [0.25, 0.3) is 17.2 Å². The van der Waals surface area contributed by atoms with Crippen molar-refractivity contribution in [1.82, 2.24) is 4.57 Å². The molecule has 1 aromatic heterocycles. The molecule has 0 aliphatic carbocycles. The highest BCUT2D eigenvalue weighted by Gasteiger charge is 2.23. The second-order valence-corrected chi connectivity index (χ2v) is 6.19. The fraction of sp³-hybridized carbons (Fsp3) is 0.0870. The maximum Gasteiger partial charge on any atom is 0.266 e. The van der Waals surface area contributed by atoms with Crippen molar-refractivity contribution in [3.8, 4) is 0 Å². The molecule has 0 bridgehead atoms. The van der Waals surface area contributed by atoms with Gasteiger partial charge in [-0.05, 0) is 23.3 Å². The van der Waals surface area contributed by atoms with Crippen molar-refractivity contribution in [1.29, 1.82) is 0 Å². The first-order valence-electron chi connectivity index (χ1n) is 8.59. The molecule has 26 heavy (non-hydrogen) atoms.